The molecule has 0 aromatic heterocycles. The minimum Gasteiger partial charge on any atom is -0.481 e. The molecule has 0 spiro atoms. The maximum atomic E-state index is 13.5. The molecule has 0 saturated carbocycles. The average molecular weight is 533 g/mol. The van der Waals surface area contributed by atoms with Crippen LogP contribution in [0.5, 0.6) is 11.5 Å². The molecule has 9 heteroatoms. The Hall–Kier alpha value is -2.36. The molecule has 4 rings (SSSR count). The van der Waals surface area contributed by atoms with E-state index < -0.39 is 11.9 Å². The zero-order valence-electron chi connectivity index (χ0n) is 23.3. The number of amides is 1. The predicted octanol–water partition coefficient (Wildman–Crippen LogP) is 4.24. The van der Waals surface area contributed by atoms with Gasteiger partial charge >= 0.3 is 5.97 Å². The number of likely N-dealkylation sites (tertiary alicyclic amines) is 1. The summed E-state index contributed by atoms with van der Waals surface area (Å²) >= 11 is 0. The minimum absolute atomic E-state index is 0.00333. The number of nitrogens with zero attached hydrogens (tertiary/aromatic N) is 2. The summed E-state index contributed by atoms with van der Waals surface area (Å²) in [5, 5.41) is 10.4. The molecule has 38 heavy (non-hydrogen) atoms. The van der Waals surface area contributed by atoms with Gasteiger partial charge in [0.2, 0.25) is 12.7 Å². The minimum atomic E-state index is -0.851. The van der Waals surface area contributed by atoms with Gasteiger partial charge in [0.25, 0.3) is 0 Å². The maximum absolute atomic E-state index is 13.5. The first-order chi connectivity index (χ1) is 18.3. The monoisotopic (exact) mass is 532 g/mol. The number of hydrogen-bond acceptors (Lipinski definition) is 7. The molecule has 3 aliphatic rings. The predicted molar refractivity (Wildman–Crippen MR) is 142 cm³/mol. The van der Waals surface area contributed by atoms with Gasteiger partial charge in [-0.15, -0.1) is 0 Å². The molecule has 2 saturated heterocycles. The Morgan fingerprint density at radius 2 is 1.66 bits per heavy atom. The number of carbonyl (C=O) groups excluding carboxylic acids is 1. The molecule has 1 aromatic rings. The fraction of sp³-hybridized carbons (Fsp3) is 0.724. The van der Waals surface area contributed by atoms with Crippen LogP contribution in [0.2, 0.25) is 0 Å². The van der Waals surface area contributed by atoms with E-state index in [4.69, 9.17) is 18.9 Å². The summed E-state index contributed by atoms with van der Waals surface area (Å²) in [6.07, 6.45) is 4.76. The molecular formula is C29H44N2O7. The van der Waals surface area contributed by atoms with Crippen LogP contribution in [-0.2, 0) is 19.1 Å². The third-order valence-electron chi connectivity index (χ3n) is 8.20. The number of carboxylic acid groups (broad SMARTS) is 1. The van der Waals surface area contributed by atoms with Gasteiger partial charge in [-0.1, -0.05) is 32.8 Å². The van der Waals surface area contributed by atoms with Crippen molar-refractivity contribution in [2.75, 3.05) is 33.0 Å². The highest BCUT2D eigenvalue weighted by molar-refractivity contribution is 5.79. The molecule has 1 amide bonds. The number of rotatable bonds is 13. The van der Waals surface area contributed by atoms with Crippen LogP contribution in [0, 0.1) is 5.92 Å². The van der Waals surface area contributed by atoms with Gasteiger partial charge in [0, 0.05) is 31.6 Å². The molecule has 3 aliphatic heterocycles. The van der Waals surface area contributed by atoms with E-state index in [9.17, 15) is 14.7 Å². The van der Waals surface area contributed by atoms with Crippen molar-refractivity contribution in [1.82, 2.24) is 9.80 Å². The van der Waals surface area contributed by atoms with Crippen LogP contribution < -0.4 is 9.47 Å². The summed E-state index contributed by atoms with van der Waals surface area (Å²) in [5.74, 6) is -0.413. The fourth-order valence-electron chi connectivity index (χ4n) is 5.84. The second-order valence-electron chi connectivity index (χ2n) is 10.9. The van der Waals surface area contributed by atoms with Crippen molar-refractivity contribution in [2.24, 2.45) is 5.92 Å². The quantitative estimate of drug-likeness (QED) is 0.403. The van der Waals surface area contributed by atoms with Crippen molar-refractivity contribution in [1.29, 1.82) is 0 Å². The number of ether oxygens (including phenoxy) is 4. The second kappa shape index (κ2) is 13.1. The Balaban J connectivity index is 1.56. The van der Waals surface area contributed by atoms with Crippen molar-refractivity contribution in [3.63, 3.8) is 0 Å². The zero-order valence-corrected chi connectivity index (χ0v) is 23.3. The summed E-state index contributed by atoms with van der Waals surface area (Å²) in [5.41, 5.74) is 0.894. The molecule has 0 bridgehead atoms. The average Bonchev–Trinajstić information content (AvgIpc) is 3.59. The van der Waals surface area contributed by atoms with E-state index in [1.54, 1.807) is 0 Å². The fourth-order valence-corrected chi connectivity index (χ4v) is 5.84. The molecule has 1 aromatic carbocycles. The van der Waals surface area contributed by atoms with Gasteiger partial charge in [-0.25, -0.2) is 0 Å². The van der Waals surface area contributed by atoms with E-state index >= 15 is 0 Å². The Morgan fingerprint density at radius 3 is 2.29 bits per heavy atom. The third-order valence-corrected chi connectivity index (χ3v) is 8.20. The van der Waals surface area contributed by atoms with Gasteiger partial charge in [-0.2, -0.15) is 0 Å². The normalized spacial score (nSPS) is 28.6. The Morgan fingerprint density at radius 1 is 1.00 bits per heavy atom. The Bertz CT molecular complexity index is 939. The molecule has 0 radical (unpaired) electrons. The van der Waals surface area contributed by atoms with Crippen molar-refractivity contribution < 1.29 is 33.6 Å². The molecule has 212 valence electrons. The first-order valence-corrected chi connectivity index (χ1v) is 14.3. The summed E-state index contributed by atoms with van der Waals surface area (Å²) in [6, 6.07) is 5.36. The summed E-state index contributed by atoms with van der Waals surface area (Å²) in [7, 11) is 0. The van der Waals surface area contributed by atoms with Crippen molar-refractivity contribution >= 4 is 11.9 Å². The molecule has 1 N–H and O–H groups in total. The smallest absolute Gasteiger partial charge is 0.308 e. The van der Waals surface area contributed by atoms with E-state index in [1.165, 1.54) is 0 Å². The lowest BCUT2D eigenvalue weighted by Gasteiger charge is -2.30. The van der Waals surface area contributed by atoms with E-state index in [2.05, 4.69) is 18.7 Å². The van der Waals surface area contributed by atoms with Gasteiger partial charge in [-0.3, -0.25) is 14.5 Å². The van der Waals surface area contributed by atoms with Gasteiger partial charge in [0.05, 0.1) is 24.7 Å². The van der Waals surface area contributed by atoms with Gasteiger partial charge in [-0.05, 0) is 57.2 Å². The molecule has 0 aliphatic carbocycles. The number of carbonyl (C=O) groups is 2. The van der Waals surface area contributed by atoms with Crippen molar-refractivity contribution in [2.45, 2.75) is 96.7 Å². The highest BCUT2D eigenvalue weighted by Crippen LogP contribution is 2.43. The molecule has 3 heterocycles. The van der Waals surface area contributed by atoms with Gasteiger partial charge < -0.3 is 29.0 Å². The summed E-state index contributed by atoms with van der Waals surface area (Å²) in [6.45, 7) is 10.6. The number of carboxylic acids is 1. The topological polar surface area (TPSA) is 97.8 Å². The zero-order chi connectivity index (χ0) is 27.2. The largest absolute Gasteiger partial charge is 0.481 e. The number of benzene rings is 1. The maximum Gasteiger partial charge on any atom is 0.308 e. The van der Waals surface area contributed by atoms with Crippen molar-refractivity contribution in [3.05, 3.63) is 23.8 Å². The van der Waals surface area contributed by atoms with E-state index in [0.717, 1.165) is 44.3 Å². The molecule has 2 unspecified atom stereocenters. The van der Waals surface area contributed by atoms with Crippen LogP contribution in [0.25, 0.3) is 0 Å². The second-order valence-corrected chi connectivity index (χ2v) is 10.9. The van der Waals surface area contributed by atoms with Crippen LogP contribution in [-0.4, -0.2) is 84.3 Å². The highest BCUT2D eigenvalue weighted by atomic mass is 16.7. The lowest BCUT2D eigenvalue weighted by molar-refractivity contribution is -0.144. The molecule has 5 atom stereocenters. The molecule has 9 nitrogen and oxygen atoms in total. The lowest BCUT2D eigenvalue weighted by atomic mass is 9.83. The first-order valence-electron chi connectivity index (χ1n) is 14.3. The van der Waals surface area contributed by atoms with E-state index in [0.29, 0.717) is 30.9 Å². The molecule has 2 fully saturated rings. The summed E-state index contributed by atoms with van der Waals surface area (Å²) < 4.78 is 22.9. The van der Waals surface area contributed by atoms with E-state index in [-0.39, 0.29) is 49.7 Å². The number of fused-ring (bicyclic) bond motifs is 1. The SMILES string of the molecule is CCCCN(CCCC)C(=O)CN1C[C@H](c2ccc3c(c2)OCO3)[C@@H](C(=O)O)[C@@H]1CCC1OC(C)C(C)O1. The summed E-state index contributed by atoms with van der Waals surface area (Å²) in [4.78, 5) is 30.3. The van der Waals surface area contributed by atoms with Crippen LogP contribution in [0.15, 0.2) is 18.2 Å². The third kappa shape index (κ3) is 6.61. The highest BCUT2D eigenvalue weighted by Gasteiger charge is 2.48. The van der Waals surface area contributed by atoms with Crippen LogP contribution in [0.4, 0.5) is 0 Å². The van der Waals surface area contributed by atoms with Gasteiger partial charge in [0.15, 0.2) is 17.8 Å². The Labute approximate surface area is 226 Å². The number of unbranched alkanes of at least 4 members (excludes halogenated alkanes) is 2. The van der Waals surface area contributed by atoms with Crippen LogP contribution >= 0.6 is 0 Å². The lowest BCUT2D eigenvalue weighted by Crippen LogP contribution is -2.45. The van der Waals surface area contributed by atoms with Crippen LogP contribution in [0.3, 0.4) is 0 Å². The Kier molecular flexibility index (Phi) is 9.90. The molecular weight excluding hydrogens is 488 g/mol. The first kappa shape index (κ1) is 28.6. The van der Waals surface area contributed by atoms with E-state index in [1.807, 2.05) is 36.9 Å². The number of aliphatic carboxylic acids is 1. The van der Waals surface area contributed by atoms with Gasteiger partial charge in [0.1, 0.15) is 0 Å². The number of hydrogen-bond donors (Lipinski definition) is 1. The van der Waals surface area contributed by atoms with Crippen LogP contribution in [0.1, 0.15) is 77.7 Å². The standard InChI is InChI=1S/C29H44N2O7/c1-5-7-13-30(14-8-6-2)26(32)17-31-16-22(21-9-11-24-25(15-21)36-18-35-24)28(29(33)34)23(31)10-12-27-37-19(3)20(4)38-27/h9,11,15,19-20,22-23,27-28H,5-8,10,12-14,16-18H2,1-4H3,(H,33,34)/t19?,20?,22-,23+,27?,28-/m1/s1. The van der Waals surface area contributed by atoms with Crippen molar-refractivity contribution in [3.8, 4) is 11.5 Å².